The minimum atomic E-state index is -1.34. The predicted molar refractivity (Wildman–Crippen MR) is 117 cm³/mol. The van der Waals surface area contributed by atoms with Gasteiger partial charge in [-0.2, -0.15) is 10.0 Å². The van der Waals surface area contributed by atoms with Crippen molar-refractivity contribution < 1.29 is 0 Å². The molecule has 0 atom stereocenters. The molecule has 4 rings (SSSR count). The minimum Gasteiger partial charge on any atom is -0.374 e. The van der Waals surface area contributed by atoms with Crippen molar-refractivity contribution in [2.45, 2.75) is 35.5 Å². The van der Waals surface area contributed by atoms with Crippen molar-refractivity contribution in [1.82, 2.24) is 0 Å². The van der Waals surface area contributed by atoms with E-state index in [-0.39, 0.29) is 0 Å². The van der Waals surface area contributed by atoms with Crippen LogP contribution in [0.5, 0.6) is 0 Å². The average molecular weight is 384 g/mol. The van der Waals surface area contributed by atoms with Gasteiger partial charge in [-0.3, -0.25) is 0 Å². The van der Waals surface area contributed by atoms with Crippen molar-refractivity contribution in [3.63, 3.8) is 0 Å². The molecule has 0 N–H and O–H groups in total. The van der Waals surface area contributed by atoms with Crippen LogP contribution >= 0.6 is 10.0 Å². The molecule has 0 amide bonds. The maximum Gasteiger partial charge on any atom is 0.120 e. The van der Waals surface area contributed by atoms with E-state index in [1.165, 1.54) is 33.8 Å². The number of rotatable bonds is 3. The Hall–Kier alpha value is -2.01. The summed E-state index contributed by atoms with van der Waals surface area (Å²) in [5.41, 5.74) is 5.91. The maximum atomic E-state index is 11.7. The van der Waals surface area contributed by atoms with Gasteiger partial charge in [0.2, 0.25) is 0 Å². The van der Waals surface area contributed by atoms with Gasteiger partial charge in [-0.1, -0.05) is 6.07 Å². The maximum absolute atomic E-state index is 11.7. The topological polar surface area (TPSA) is 35.9 Å². The smallest absolute Gasteiger partial charge is 0.120 e. The summed E-state index contributed by atoms with van der Waals surface area (Å²) in [4.78, 5) is 18.8. The number of nitroso groups, excluding NO2 is 1. The Kier molecular flexibility index (Phi) is 4.66. The lowest BCUT2D eigenvalue weighted by Gasteiger charge is -2.37. The molecule has 0 aliphatic carbocycles. The molecule has 27 heavy (non-hydrogen) atoms. The zero-order chi connectivity index (χ0) is 19.2. The molecule has 2 aliphatic rings. The molecule has 0 saturated carbocycles. The SMILES string of the molecule is CN1CCCc2ccc(S(C)(C)c3cc4c(cc3N=O)CCCN4C)cc21. The van der Waals surface area contributed by atoms with Crippen LogP contribution in [0, 0.1) is 4.91 Å². The summed E-state index contributed by atoms with van der Waals surface area (Å²) in [6, 6.07) is 11.2. The first-order valence-corrected chi connectivity index (χ1v) is 12.2. The van der Waals surface area contributed by atoms with Gasteiger partial charge in [0.1, 0.15) is 5.69 Å². The lowest BCUT2D eigenvalue weighted by molar-refractivity contribution is 0.742. The molecule has 0 saturated heterocycles. The second-order valence-corrected chi connectivity index (χ2v) is 11.8. The van der Waals surface area contributed by atoms with E-state index in [0.29, 0.717) is 5.69 Å². The fourth-order valence-electron chi connectivity index (χ4n) is 4.45. The van der Waals surface area contributed by atoms with Crippen LogP contribution in [0.25, 0.3) is 0 Å². The van der Waals surface area contributed by atoms with Gasteiger partial charge in [-0.05, 0) is 83.7 Å². The molecule has 2 aliphatic heterocycles. The van der Waals surface area contributed by atoms with Gasteiger partial charge in [0, 0.05) is 43.5 Å². The van der Waals surface area contributed by atoms with Gasteiger partial charge in [0.15, 0.2) is 0 Å². The van der Waals surface area contributed by atoms with Crippen LogP contribution in [0.2, 0.25) is 0 Å². The molecule has 5 heteroatoms. The highest BCUT2D eigenvalue weighted by atomic mass is 32.3. The van der Waals surface area contributed by atoms with E-state index >= 15 is 0 Å². The van der Waals surface area contributed by atoms with Gasteiger partial charge >= 0.3 is 0 Å². The molecule has 2 heterocycles. The Morgan fingerprint density at radius 1 is 0.889 bits per heavy atom. The van der Waals surface area contributed by atoms with Crippen LogP contribution in [-0.2, 0) is 12.8 Å². The predicted octanol–water partition coefficient (Wildman–Crippen LogP) is 5.33. The van der Waals surface area contributed by atoms with E-state index in [0.717, 1.165) is 37.2 Å². The van der Waals surface area contributed by atoms with Crippen molar-refractivity contribution in [3.8, 4) is 0 Å². The van der Waals surface area contributed by atoms with E-state index in [9.17, 15) is 4.91 Å². The highest BCUT2D eigenvalue weighted by Crippen LogP contribution is 2.61. The minimum absolute atomic E-state index is 0.620. The summed E-state index contributed by atoms with van der Waals surface area (Å²) < 4.78 is 0. The molecule has 0 aromatic heterocycles. The highest BCUT2D eigenvalue weighted by Gasteiger charge is 2.27. The third-order valence-corrected chi connectivity index (χ3v) is 9.02. The van der Waals surface area contributed by atoms with Crippen molar-refractivity contribution in [3.05, 3.63) is 46.4 Å². The number of benzene rings is 2. The number of anilines is 2. The lowest BCUT2D eigenvalue weighted by Crippen LogP contribution is -2.25. The van der Waals surface area contributed by atoms with Crippen molar-refractivity contribution in [1.29, 1.82) is 0 Å². The number of hydrogen-bond acceptors (Lipinski definition) is 4. The summed E-state index contributed by atoms with van der Waals surface area (Å²) in [5.74, 6) is 0. The van der Waals surface area contributed by atoms with E-state index in [1.807, 2.05) is 6.07 Å². The summed E-state index contributed by atoms with van der Waals surface area (Å²) >= 11 is 0. The first kappa shape index (κ1) is 18.4. The summed E-state index contributed by atoms with van der Waals surface area (Å²) in [6.07, 6.45) is 9.11. The molecule has 0 bridgehead atoms. The Morgan fingerprint density at radius 3 is 2.19 bits per heavy atom. The van der Waals surface area contributed by atoms with Crippen molar-refractivity contribution >= 4 is 27.1 Å². The van der Waals surface area contributed by atoms with Gasteiger partial charge in [-0.25, -0.2) is 0 Å². The number of nitrogens with zero attached hydrogens (tertiary/aromatic N) is 3. The molecule has 0 spiro atoms. The van der Waals surface area contributed by atoms with Gasteiger partial charge in [-0.15, -0.1) is 4.91 Å². The molecule has 0 unspecified atom stereocenters. The molecule has 2 aromatic carbocycles. The molecule has 144 valence electrons. The second kappa shape index (κ2) is 6.86. The number of fused-ring (bicyclic) bond motifs is 2. The quantitative estimate of drug-likeness (QED) is 0.672. The molecule has 2 aromatic rings. The van der Waals surface area contributed by atoms with E-state index in [2.05, 4.69) is 65.8 Å². The van der Waals surface area contributed by atoms with Crippen LogP contribution in [0.4, 0.5) is 17.1 Å². The monoisotopic (exact) mass is 383 g/mol. The van der Waals surface area contributed by atoms with Gasteiger partial charge in [0.25, 0.3) is 0 Å². The molecular weight excluding hydrogens is 354 g/mol. The Labute approximate surface area is 163 Å². The Balaban J connectivity index is 1.83. The average Bonchev–Trinajstić information content (AvgIpc) is 2.67. The lowest BCUT2D eigenvalue weighted by atomic mass is 10.0. The van der Waals surface area contributed by atoms with Crippen molar-refractivity contribution in [2.24, 2.45) is 5.18 Å². The van der Waals surface area contributed by atoms with Gasteiger partial charge in [0.05, 0.1) is 0 Å². The van der Waals surface area contributed by atoms with Crippen LogP contribution < -0.4 is 9.80 Å². The van der Waals surface area contributed by atoms with Gasteiger partial charge < -0.3 is 9.80 Å². The van der Waals surface area contributed by atoms with Crippen LogP contribution in [0.3, 0.4) is 0 Å². The summed E-state index contributed by atoms with van der Waals surface area (Å²) in [6.45, 7) is 2.18. The number of aryl methyl sites for hydroxylation is 2. The van der Waals surface area contributed by atoms with Crippen LogP contribution in [0.1, 0.15) is 24.0 Å². The number of hydrogen-bond donors (Lipinski definition) is 0. The zero-order valence-corrected chi connectivity index (χ0v) is 17.6. The van der Waals surface area contributed by atoms with E-state index in [4.69, 9.17) is 0 Å². The van der Waals surface area contributed by atoms with Crippen LogP contribution in [0.15, 0.2) is 45.3 Å². The van der Waals surface area contributed by atoms with Crippen LogP contribution in [-0.4, -0.2) is 39.7 Å². The Morgan fingerprint density at radius 2 is 1.52 bits per heavy atom. The summed E-state index contributed by atoms with van der Waals surface area (Å²) in [5, 5.41) is 3.44. The summed E-state index contributed by atoms with van der Waals surface area (Å²) in [7, 11) is 2.98. The molecular formula is C22H29N3OS. The largest absolute Gasteiger partial charge is 0.374 e. The highest BCUT2D eigenvalue weighted by molar-refractivity contribution is 8.32. The standard InChI is InChI=1S/C22H29N3OS/c1-24-11-5-7-16-9-10-18(14-20(16)24)27(3,4)22-15-21-17(13-19(22)23-26)8-6-12-25(21)2/h9-10,13-15H,5-8,11-12H2,1-4H3. The first-order valence-electron chi connectivity index (χ1n) is 9.70. The third-order valence-electron chi connectivity index (χ3n) is 6.16. The molecule has 0 radical (unpaired) electrons. The van der Waals surface area contributed by atoms with Crippen molar-refractivity contribution in [2.75, 3.05) is 49.5 Å². The third kappa shape index (κ3) is 3.12. The fraction of sp³-hybridized carbons (Fsp3) is 0.455. The van der Waals surface area contributed by atoms with E-state index in [1.54, 1.807) is 0 Å². The molecule has 4 nitrogen and oxygen atoms in total. The normalized spacial score (nSPS) is 17.3. The second-order valence-electron chi connectivity index (χ2n) is 8.21. The fourth-order valence-corrected chi connectivity index (χ4v) is 6.54. The molecule has 0 fully saturated rings. The Bertz CT molecular complexity index is 893. The van der Waals surface area contributed by atoms with E-state index < -0.39 is 10.0 Å². The zero-order valence-electron chi connectivity index (χ0n) is 16.8. The first-order chi connectivity index (χ1) is 12.9.